The Labute approximate surface area is 285 Å². The van der Waals surface area contributed by atoms with E-state index in [1.54, 1.807) is 24.3 Å². The standard InChI is InChI=1S/C31H34B6O9S/c1-31(2,16-47(41,42)43)46-30(40)21-8-19(28(38)44-26-22(12-34)3-17(10-32)4-23(26)13-35)7-20(9-21)29(39)45-27-24(14-36)5-18(11-33)6-25(27)15-37/h3-6,19-21H,7-16H2,1-2H3,(H,41,42,43). The molecular formula is C31H34B6O9S. The second-order valence-electron chi connectivity index (χ2n) is 12.3. The highest BCUT2D eigenvalue weighted by Crippen LogP contribution is 2.39. The number of benzene rings is 2. The van der Waals surface area contributed by atoms with Crippen molar-refractivity contribution in [2.24, 2.45) is 17.8 Å². The van der Waals surface area contributed by atoms with E-state index in [0.29, 0.717) is 22.3 Å². The van der Waals surface area contributed by atoms with Crippen LogP contribution in [-0.4, -0.2) is 89.3 Å². The first-order valence-corrected chi connectivity index (χ1v) is 16.8. The van der Waals surface area contributed by atoms with Gasteiger partial charge in [-0.05, 0) is 55.4 Å². The van der Waals surface area contributed by atoms with Gasteiger partial charge in [0, 0.05) is 0 Å². The summed E-state index contributed by atoms with van der Waals surface area (Å²) in [6.45, 7) is 2.64. The van der Waals surface area contributed by atoms with Crippen molar-refractivity contribution in [3.05, 3.63) is 57.6 Å². The molecule has 1 N–H and O–H groups in total. The summed E-state index contributed by atoms with van der Waals surface area (Å²) in [5.41, 5.74) is 1.88. The minimum atomic E-state index is -4.49. The van der Waals surface area contributed by atoms with Crippen LogP contribution in [0.1, 0.15) is 66.5 Å². The molecule has 236 valence electrons. The lowest BCUT2D eigenvalue weighted by Crippen LogP contribution is -2.42. The van der Waals surface area contributed by atoms with Gasteiger partial charge in [-0.15, -0.1) is 0 Å². The van der Waals surface area contributed by atoms with E-state index in [1.165, 1.54) is 13.8 Å². The number of esters is 3. The van der Waals surface area contributed by atoms with Gasteiger partial charge < -0.3 is 14.2 Å². The summed E-state index contributed by atoms with van der Waals surface area (Å²) >= 11 is 0. The van der Waals surface area contributed by atoms with Crippen LogP contribution in [0.15, 0.2) is 24.3 Å². The quantitative estimate of drug-likeness (QED) is 0.140. The molecule has 0 amide bonds. The molecule has 3 rings (SSSR count). The van der Waals surface area contributed by atoms with Gasteiger partial charge in [0.2, 0.25) is 0 Å². The molecule has 0 saturated heterocycles. The molecule has 47 heavy (non-hydrogen) atoms. The molecule has 2 aromatic carbocycles. The molecule has 0 aliphatic heterocycles. The van der Waals surface area contributed by atoms with Crippen LogP contribution in [0.4, 0.5) is 0 Å². The summed E-state index contributed by atoms with van der Waals surface area (Å²) in [7, 11) is 30.8. The third-order valence-corrected chi connectivity index (χ3v) is 9.04. The fourth-order valence-electron chi connectivity index (χ4n) is 5.85. The highest BCUT2D eigenvalue weighted by atomic mass is 32.2. The van der Waals surface area contributed by atoms with Gasteiger partial charge in [-0.1, -0.05) is 73.3 Å². The Kier molecular flexibility index (Phi) is 13.6. The zero-order valence-electron chi connectivity index (χ0n) is 26.7. The summed E-state index contributed by atoms with van der Waals surface area (Å²) < 4.78 is 49.5. The molecule has 0 aromatic heterocycles. The Hall–Kier alpha value is -2.85. The van der Waals surface area contributed by atoms with E-state index in [4.69, 9.17) is 61.3 Å². The Balaban J connectivity index is 1.97. The Morgan fingerprint density at radius 3 is 1.26 bits per heavy atom. The normalized spacial score (nSPS) is 18.3. The molecular weight excluding hydrogens is 613 g/mol. The summed E-state index contributed by atoms with van der Waals surface area (Å²) in [5.74, 6) is -5.85. The van der Waals surface area contributed by atoms with Crippen LogP contribution in [0.25, 0.3) is 0 Å². The fraction of sp³-hybridized carbons (Fsp3) is 0.516. The average Bonchev–Trinajstić information content (AvgIpc) is 3.02. The minimum absolute atomic E-state index is 0.0246. The third-order valence-electron chi connectivity index (χ3n) is 7.98. The third kappa shape index (κ3) is 10.3. The Morgan fingerprint density at radius 1 is 0.660 bits per heavy atom. The van der Waals surface area contributed by atoms with Crippen molar-refractivity contribution in [3.8, 4) is 11.5 Å². The van der Waals surface area contributed by atoms with E-state index in [0.717, 1.165) is 11.1 Å². The number of rotatable bonds is 14. The molecule has 1 fully saturated rings. The van der Waals surface area contributed by atoms with Gasteiger partial charge in [0.1, 0.15) is 22.9 Å². The van der Waals surface area contributed by atoms with Gasteiger partial charge >= 0.3 is 17.9 Å². The van der Waals surface area contributed by atoms with Crippen molar-refractivity contribution in [1.29, 1.82) is 0 Å². The summed E-state index contributed by atoms with van der Waals surface area (Å²) in [6.07, 6.45) is 0.335. The second kappa shape index (κ2) is 16.5. The molecule has 2 unspecified atom stereocenters. The molecule has 0 heterocycles. The monoisotopic (exact) mass is 648 g/mol. The number of carbonyl (C=O) groups is 3. The summed E-state index contributed by atoms with van der Waals surface area (Å²) in [6, 6.07) is 6.83. The maximum Gasteiger partial charge on any atom is 0.314 e. The van der Waals surface area contributed by atoms with Crippen LogP contribution in [0.3, 0.4) is 0 Å². The van der Waals surface area contributed by atoms with Gasteiger partial charge in [0.05, 0.1) is 64.8 Å². The number of hydrogen-bond donors (Lipinski definition) is 1. The zero-order valence-corrected chi connectivity index (χ0v) is 27.5. The van der Waals surface area contributed by atoms with Crippen LogP contribution >= 0.6 is 0 Å². The molecule has 16 heteroatoms. The largest absolute Gasteiger partial charge is 0.458 e. The van der Waals surface area contributed by atoms with Crippen molar-refractivity contribution in [1.82, 2.24) is 0 Å². The number of hydrogen-bond acceptors (Lipinski definition) is 8. The van der Waals surface area contributed by atoms with E-state index in [1.807, 2.05) is 0 Å². The van der Waals surface area contributed by atoms with Crippen molar-refractivity contribution in [2.45, 2.75) is 76.6 Å². The van der Waals surface area contributed by atoms with E-state index in [-0.39, 0.29) is 68.7 Å². The van der Waals surface area contributed by atoms with E-state index < -0.39 is 57.1 Å². The summed E-state index contributed by atoms with van der Waals surface area (Å²) in [5, 5.41) is 0. The number of carbonyl (C=O) groups excluding carboxylic acids is 3. The van der Waals surface area contributed by atoms with Gasteiger partial charge in [-0.2, -0.15) is 8.42 Å². The van der Waals surface area contributed by atoms with Gasteiger partial charge in [0.15, 0.2) is 0 Å². The minimum Gasteiger partial charge on any atom is -0.458 e. The van der Waals surface area contributed by atoms with Crippen LogP contribution in [0.2, 0.25) is 0 Å². The van der Waals surface area contributed by atoms with Crippen LogP contribution in [-0.2, 0) is 67.2 Å². The lowest BCUT2D eigenvalue weighted by molar-refractivity contribution is -0.164. The molecule has 9 nitrogen and oxygen atoms in total. The SMILES string of the molecule is [B]Cc1cc(C[B])c(OC(=O)C2CC(C(=O)Oc3c(C[B])cc(C[B])cc3C[B])CC(C(=O)OC(C)(C)CS(=O)(=O)O)C2)c(C[B])c1. The molecule has 1 saturated carbocycles. The van der Waals surface area contributed by atoms with Crippen LogP contribution in [0.5, 0.6) is 11.5 Å². The van der Waals surface area contributed by atoms with Crippen molar-refractivity contribution in [2.75, 3.05) is 5.75 Å². The highest BCUT2D eigenvalue weighted by Gasteiger charge is 2.43. The molecule has 0 spiro atoms. The highest BCUT2D eigenvalue weighted by molar-refractivity contribution is 7.85. The molecule has 2 atom stereocenters. The van der Waals surface area contributed by atoms with Crippen LogP contribution in [0, 0.1) is 17.8 Å². The number of ether oxygens (including phenoxy) is 3. The zero-order chi connectivity index (χ0) is 35.1. The Morgan fingerprint density at radius 2 is 0.979 bits per heavy atom. The van der Waals surface area contributed by atoms with E-state index in [2.05, 4.69) is 0 Å². The van der Waals surface area contributed by atoms with Crippen molar-refractivity contribution >= 4 is 75.1 Å². The Bertz CT molecular complexity index is 1450. The van der Waals surface area contributed by atoms with Gasteiger partial charge in [-0.3, -0.25) is 18.9 Å². The van der Waals surface area contributed by atoms with Crippen molar-refractivity contribution < 1.29 is 41.6 Å². The van der Waals surface area contributed by atoms with E-state index in [9.17, 15) is 27.4 Å². The maximum atomic E-state index is 13.7. The van der Waals surface area contributed by atoms with Crippen LogP contribution < -0.4 is 9.47 Å². The van der Waals surface area contributed by atoms with Gasteiger partial charge in [-0.25, -0.2) is 0 Å². The predicted molar refractivity (Wildman–Crippen MR) is 182 cm³/mol. The predicted octanol–water partition coefficient (Wildman–Crippen LogP) is 1.45. The lowest BCUT2D eigenvalue weighted by Gasteiger charge is -2.34. The average molecular weight is 648 g/mol. The lowest BCUT2D eigenvalue weighted by atomic mass is 9.75. The van der Waals surface area contributed by atoms with Crippen molar-refractivity contribution in [3.63, 3.8) is 0 Å². The first-order chi connectivity index (χ1) is 22.1. The van der Waals surface area contributed by atoms with Gasteiger partial charge in [0.25, 0.3) is 10.1 Å². The first-order valence-electron chi connectivity index (χ1n) is 15.2. The van der Waals surface area contributed by atoms with E-state index >= 15 is 0 Å². The molecule has 0 bridgehead atoms. The molecule has 1 aliphatic rings. The summed E-state index contributed by atoms with van der Waals surface area (Å²) in [4.78, 5) is 40.8. The topological polar surface area (TPSA) is 133 Å². The smallest absolute Gasteiger partial charge is 0.314 e. The fourth-order valence-corrected chi connectivity index (χ4v) is 6.78. The second-order valence-corrected chi connectivity index (χ2v) is 13.7. The maximum absolute atomic E-state index is 13.7. The first kappa shape index (κ1) is 38.6. The molecule has 12 radical (unpaired) electrons. The molecule has 2 aromatic rings. The molecule has 1 aliphatic carbocycles.